The summed E-state index contributed by atoms with van der Waals surface area (Å²) in [6.07, 6.45) is 1.90. The van der Waals surface area contributed by atoms with Gasteiger partial charge in [0.1, 0.15) is 11.6 Å². The lowest BCUT2D eigenvalue weighted by molar-refractivity contribution is 0.0696. The third-order valence-corrected chi connectivity index (χ3v) is 4.26. The third-order valence-electron chi connectivity index (χ3n) is 3.54. The number of nitrogens with one attached hydrogen (secondary N) is 1. The number of benzene rings is 1. The van der Waals surface area contributed by atoms with E-state index in [1.807, 2.05) is 0 Å². The number of carboxylic acid groups (broad SMARTS) is 2. The minimum Gasteiger partial charge on any atom is -0.478 e. The first-order valence-corrected chi connectivity index (χ1v) is 9.97. The first-order valence-electron chi connectivity index (χ1n) is 8.08. The molecular formula is C16H19N5O6S. The Balaban J connectivity index is 2.19. The molecule has 0 unspecified atom stereocenters. The topological polar surface area (TPSA) is 185 Å². The van der Waals surface area contributed by atoms with E-state index in [9.17, 15) is 18.0 Å². The van der Waals surface area contributed by atoms with Gasteiger partial charge in [-0.3, -0.25) is 0 Å². The van der Waals surface area contributed by atoms with Crippen LogP contribution in [0.3, 0.4) is 0 Å². The smallest absolute Gasteiger partial charge is 0.335 e. The zero-order valence-electron chi connectivity index (χ0n) is 14.9. The van der Waals surface area contributed by atoms with Crippen LogP contribution in [0.15, 0.2) is 18.2 Å². The molecule has 0 fully saturated rings. The number of carbonyl (C=O) groups is 2. The van der Waals surface area contributed by atoms with Gasteiger partial charge in [0.15, 0.2) is 0 Å². The van der Waals surface area contributed by atoms with Crippen molar-refractivity contribution in [1.29, 1.82) is 0 Å². The molecule has 2 rings (SSSR count). The zero-order chi connectivity index (χ0) is 20.9. The molecule has 11 nitrogen and oxygen atoms in total. The van der Waals surface area contributed by atoms with E-state index in [0.29, 0.717) is 24.2 Å². The highest BCUT2D eigenvalue weighted by atomic mass is 32.2. The summed E-state index contributed by atoms with van der Waals surface area (Å²) in [4.78, 5) is 34.6. The van der Waals surface area contributed by atoms with Crippen LogP contribution in [-0.2, 0) is 22.9 Å². The molecule has 1 aromatic carbocycles. The quantitative estimate of drug-likeness (QED) is 0.408. The normalized spacial score (nSPS) is 11.3. The summed E-state index contributed by atoms with van der Waals surface area (Å²) in [5, 5.41) is 18.3. The standard InChI is InChI=1S/C16H19N5O6S/c1-28(26,27)18-4-2-3-12-19-13(21-16(17)20-12)7-9-5-10(14(22)23)8-11(6-9)15(24)25/h5-6,8,18H,2-4,7H2,1H3,(H,22,23)(H,24,25)(H2,17,19,20,21). The lowest BCUT2D eigenvalue weighted by atomic mass is 10.0. The molecule has 0 saturated carbocycles. The van der Waals surface area contributed by atoms with Gasteiger partial charge in [0.05, 0.1) is 17.4 Å². The second-order valence-electron chi connectivity index (χ2n) is 6.00. The number of aromatic carboxylic acids is 2. The number of nitrogen functional groups attached to an aromatic ring is 1. The van der Waals surface area contributed by atoms with Crippen molar-refractivity contribution < 1.29 is 28.2 Å². The Bertz CT molecular complexity index is 976. The molecule has 150 valence electrons. The summed E-state index contributed by atoms with van der Waals surface area (Å²) in [6, 6.07) is 3.74. The van der Waals surface area contributed by atoms with Crippen LogP contribution in [0.4, 0.5) is 5.95 Å². The number of nitrogens with two attached hydrogens (primary N) is 1. The number of hydrogen-bond donors (Lipinski definition) is 4. The molecule has 0 bridgehead atoms. The molecule has 0 aliphatic rings. The van der Waals surface area contributed by atoms with Crippen LogP contribution >= 0.6 is 0 Å². The Morgan fingerprint density at radius 2 is 1.61 bits per heavy atom. The maximum Gasteiger partial charge on any atom is 0.335 e. The second kappa shape index (κ2) is 8.71. The maximum absolute atomic E-state index is 11.2. The van der Waals surface area contributed by atoms with Crippen molar-refractivity contribution in [1.82, 2.24) is 19.7 Å². The van der Waals surface area contributed by atoms with Gasteiger partial charge in [0.25, 0.3) is 0 Å². The van der Waals surface area contributed by atoms with E-state index in [1.165, 1.54) is 12.1 Å². The number of aromatic nitrogens is 3. The maximum atomic E-state index is 11.2. The van der Waals surface area contributed by atoms with Gasteiger partial charge in [-0.15, -0.1) is 0 Å². The van der Waals surface area contributed by atoms with Crippen LogP contribution in [-0.4, -0.2) is 58.3 Å². The molecule has 1 heterocycles. The fraction of sp³-hybridized carbons (Fsp3) is 0.312. The number of aryl methyl sites for hydroxylation is 1. The lowest BCUT2D eigenvalue weighted by Crippen LogP contribution is -2.23. The van der Waals surface area contributed by atoms with Crippen LogP contribution in [0, 0.1) is 0 Å². The fourth-order valence-electron chi connectivity index (χ4n) is 2.41. The largest absolute Gasteiger partial charge is 0.478 e. The van der Waals surface area contributed by atoms with Gasteiger partial charge in [-0.1, -0.05) is 0 Å². The van der Waals surface area contributed by atoms with E-state index in [-0.39, 0.29) is 35.9 Å². The van der Waals surface area contributed by atoms with Gasteiger partial charge >= 0.3 is 11.9 Å². The lowest BCUT2D eigenvalue weighted by Gasteiger charge is -2.07. The molecule has 0 spiro atoms. The third kappa shape index (κ3) is 6.55. The number of rotatable bonds is 9. The van der Waals surface area contributed by atoms with E-state index < -0.39 is 22.0 Å². The molecule has 0 atom stereocenters. The van der Waals surface area contributed by atoms with Crippen molar-refractivity contribution in [2.45, 2.75) is 19.3 Å². The number of nitrogens with zero attached hydrogens (tertiary/aromatic N) is 3. The molecule has 2 aromatic rings. The summed E-state index contributed by atoms with van der Waals surface area (Å²) in [6.45, 7) is 0.211. The van der Waals surface area contributed by atoms with Crippen molar-refractivity contribution in [3.05, 3.63) is 46.5 Å². The fourth-order valence-corrected chi connectivity index (χ4v) is 2.92. The van der Waals surface area contributed by atoms with Gasteiger partial charge in [0, 0.05) is 19.4 Å². The molecule has 0 amide bonds. The van der Waals surface area contributed by atoms with Gasteiger partial charge < -0.3 is 15.9 Å². The summed E-state index contributed by atoms with van der Waals surface area (Å²) in [5.74, 6) is -1.94. The van der Waals surface area contributed by atoms with Gasteiger partial charge in [-0.05, 0) is 30.2 Å². The van der Waals surface area contributed by atoms with Gasteiger partial charge in [-0.2, -0.15) is 9.97 Å². The van der Waals surface area contributed by atoms with Crippen molar-refractivity contribution in [3.63, 3.8) is 0 Å². The van der Waals surface area contributed by atoms with Crippen LogP contribution in [0.1, 0.15) is 44.3 Å². The number of carboxylic acids is 2. The van der Waals surface area contributed by atoms with Crippen molar-refractivity contribution >= 4 is 27.9 Å². The summed E-state index contributed by atoms with van der Waals surface area (Å²) in [5.41, 5.74) is 5.75. The van der Waals surface area contributed by atoms with Crippen molar-refractivity contribution in [2.75, 3.05) is 18.5 Å². The van der Waals surface area contributed by atoms with Crippen LogP contribution < -0.4 is 10.5 Å². The Labute approximate surface area is 160 Å². The van der Waals surface area contributed by atoms with Gasteiger partial charge in [-0.25, -0.2) is 27.7 Å². The molecular weight excluding hydrogens is 390 g/mol. The average molecular weight is 409 g/mol. The Kier molecular flexibility index (Phi) is 6.59. The highest BCUT2D eigenvalue weighted by Gasteiger charge is 2.13. The van der Waals surface area contributed by atoms with E-state index in [0.717, 1.165) is 12.3 Å². The van der Waals surface area contributed by atoms with E-state index in [2.05, 4.69) is 19.7 Å². The highest BCUT2D eigenvalue weighted by molar-refractivity contribution is 7.88. The van der Waals surface area contributed by atoms with E-state index in [4.69, 9.17) is 15.9 Å². The predicted octanol–water partition coefficient (Wildman–Crippen LogP) is -0.0772. The van der Waals surface area contributed by atoms with Crippen LogP contribution in [0.5, 0.6) is 0 Å². The minimum atomic E-state index is -3.28. The first-order chi connectivity index (χ1) is 13.0. The molecule has 0 aliphatic carbocycles. The molecule has 0 radical (unpaired) electrons. The Morgan fingerprint density at radius 1 is 1.04 bits per heavy atom. The Morgan fingerprint density at radius 3 is 2.14 bits per heavy atom. The van der Waals surface area contributed by atoms with Crippen LogP contribution in [0.25, 0.3) is 0 Å². The molecule has 1 aromatic heterocycles. The Hall–Kier alpha value is -3.12. The zero-order valence-corrected chi connectivity index (χ0v) is 15.7. The second-order valence-corrected chi connectivity index (χ2v) is 7.83. The van der Waals surface area contributed by atoms with Crippen molar-refractivity contribution in [2.24, 2.45) is 0 Å². The monoisotopic (exact) mass is 409 g/mol. The van der Waals surface area contributed by atoms with Crippen LogP contribution in [0.2, 0.25) is 0 Å². The minimum absolute atomic E-state index is 0.0380. The first kappa shape index (κ1) is 21.2. The van der Waals surface area contributed by atoms with Gasteiger partial charge in [0.2, 0.25) is 16.0 Å². The van der Waals surface area contributed by atoms with Crippen molar-refractivity contribution in [3.8, 4) is 0 Å². The van der Waals surface area contributed by atoms with E-state index in [1.54, 1.807) is 0 Å². The predicted molar refractivity (Wildman–Crippen MR) is 98.6 cm³/mol. The van der Waals surface area contributed by atoms with E-state index >= 15 is 0 Å². The SMILES string of the molecule is CS(=O)(=O)NCCCc1nc(N)nc(Cc2cc(C(=O)O)cc(C(=O)O)c2)n1. The summed E-state index contributed by atoms with van der Waals surface area (Å²) >= 11 is 0. The summed E-state index contributed by atoms with van der Waals surface area (Å²) in [7, 11) is -3.28. The molecule has 28 heavy (non-hydrogen) atoms. The molecule has 12 heteroatoms. The molecule has 0 saturated heterocycles. The molecule has 0 aliphatic heterocycles. The number of anilines is 1. The number of sulfonamides is 1. The highest BCUT2D eigenvalue weighted by Crippen LogP contribution is 2.14. The average Bonchev–Trinajstić information content (AvgIpc) is 2.57. The molecule has 5 N–H and O–H groups in total. The number of hydrogen-bond acceptors (Lipinski definition) is 8. The summed E-state index contributed by atoms with van der Waals surface area (Å²) < 4.78 is 24.5.